The Morgan fingerprint density at radius 3 is 2.69 bits per heavy atom. The van der Waals surface area contributed by atoms with Crippen LogP contribution in [0.3, 0.4) is 0 Å². The molecule has 1 aliphatic heterocycles. The van der Waals surface area contributed by atoms with Crippen molar-refractivity contribution in [3.8, 4) is 0 Å². The third kappa shape index (κ3) is 1.18. The maximum absolute atomic E-state index is 11.4. The van der Waals surface area contributed by atoms with E-state index in [0.29, 0.717) is 0 Å². The largest absolute Gasteiger partial charge is 0.296 e. The first-order chi connectivity index (χ1) is 6.20. The van der Waals surface area contributed by atoms with Crippen molar-refractivity contribution >= 4 is 11.8 Å². The van der Waals surface area contributed by atoms with Crippen LogP contribution < -0.4 is 5.32 Å². The molecule has 2 fully saturated rings. The minimum Gasteiger partial charge on any atom is -0.296 e. The molecule has 3 heteroatoms. The monoisotopic (exact) mass is 181 g/mol. The molecule has 2 atom stereocenters. The zero-order valence-corrected chi connectivity index (χ0v) is 7.93. The maximum Gasteiger partial charge on any atom is 0.233 e. The molecule has 3 nitrogen and oxygen atoms in total. The number of fused-ring (bicyclic) bond motifs is 1. The van der Waals surface area contributed by atoms with E-state index in [1.165, 1.54) is 0 Å². The average Bonchev–Trinajstić information content (AvgIpc) is 2.76. The molecule has 13 heavy (non-hydrogen) atoms. The van der Waals surface area contributed by atoms with E-state index in [4.69, 9.17) is 0 Å². The third-order valence-corrected chi connectivity index (χ3v) is 3.31. The molecular formula is C10H15NO2. The van der Waals surface area contributed by atoms with E-state index in [-0.39, 0.29) is 23.1 Å². The van der Waals surface area contributed by atoms with Gasteiger partial charge in [-0.2, -0.15) is 0 Å². The van der Waals surface area contributed by atoms with Gasteiger partial charge in [0.2, 0.25) is 11.8 Å². The maximum atomic E-state index is 11.4. The second-order valence-corrected chi connectivity index (χ2v) is 4.19. The summed E-state index contributed by atoms with van der Waals surface area (Å²) >= 11 is 0. The first-order valence-corrected chi connectivity index (χ1v) is 5.06. The second kappa shape index (κ2) is 2.82. The Kier molecular flexibility index (Phi) is 1.90. The molecule has 2 aliphatic rings. The second-order valence-electron chi connectivity index (χ2n) is 4.19. The number of unbranched alkanes of at least 4 members (excludes halogenated alkanes) is 2. The molecule has 0 radical (unpaired) electrons. The van der Waals surface area contributed by atoms with Crippen molar-refractivity contribution in [2.75, 3.05) is 0 Å². The third-order valence-electron chi connectivity index (χ3n) is 3.31. The normalized spacial score (nSPS) is 35.9. The quantitative estimate of drug-likeness (QED) is 0.523. The van der Waals surface area contributed by atoms with Gasteiger partial charge in [-0.3, -0.25) is 14.9 Å². The number of carbonyl (C=O) groups excluding carboxylic acids is 2. The van der Waals surface area contributed by atoms with Gasteiger partial charge < -0.3 is 0 Å². The van der Waals surface area contributed by atoms with Crippen LogP contribution in [0.2, 0.25) is 0 Å². The van der Waals surface area contributed by atoms with Crippen LogP contribution in [0.5, 0.6) is 0 Å². The standard InChI is InChI=1S/C10H15NO2/c1-2-3-4-5-10-6-7(10)8(12)11-9(10)13/h7H,2-6H2,1H3,(H,11,12,13). The lowest BCUT2D eigenvalue weighted by Crippen LogP contribution is -2.28. The van der Waals surface area contributed by atoms with Gasteiger partial charge in [0.05, 0.1) is 11.3 Å². The lowest BCUT2D eigenvalue weighted by Gasteiger charge is -2.07. The Morgan fingerprint density at radius 2 is 2.23 bits per heavy atom. The van der Waals surface area contributed by atoms with E-state index in [9.17, 15) is 9.59 Å². The molecule has 2 amide bonds. The fraction of sp³-hybridized carbons (Fsp3) is 0.800. The van der Waals surface area contributed by atoms with Crippen LogP contribution in [-0.4, -0.2) is 11.8 Å². The van der Waals surface area contributed by atoms with Gasteiger partial charge in [0.15, 0.2) is 0 Å². The van der Waals surface area contributed by atoms with Crippen LogP contribution in [0.4, 0.5) is 0 Å². The van der Waals surface area contributed by atoms with Gasteiger partial charge in [-0.1, -0.05) is 26.2 Å². The van der Waals surface area contributed by atoms with Gasteiger partial charge in [-0.05, 0) is 12.8 Å². The molecular weight excluding hydrogens is 166 g/mol. The molecule has 1 N–H and O–H groups in total. The number of hydrogen-bond acceptors (Lipinski definition) is 2. The minimum absolute atomic E-state index is 0.0152. The van der Waals surface area contributed by atoms with E-state index >= 15 is 0 Å². The van der Waals surface area contributed by atoms with Gasteiger partial charge in [0, 0.05) is 0 Å². The lowest BCUT2D eigenvalue weighted by atomic mass is 9.97. The number of imide groups is 1. The number of carbonyl (C=O) groups is 2. The van der Waals surface area contributed by atoms with E-state index in [2.05, 4.69) is 12.2 Å². The first kappa shape index (κ1) is 8.73. The van der Waals surface area contributed by atoms with E-state index in [1.807, 2.05) is 0 Å². The fourth-order valence-electron chi connectivity index (χ4n) is 2.30. The molecule has 72 valence electrons. The Balaban J connectivity index is 1.93. The summed E-state index contributed by atoms with van der Waals surface area (Å²) in [5, 5.41) is 2.41. The highest BCUT2D eigenvalue weighted by Gasteiger charge is 2.67. The summed E-state index contributed by atoms with van der Waals surface area (Å²) in [4.78, 5) is 22.5. The molecule has 2 unspecified atom stereocenters. The van der Waals surface area contributed by atoms with Gasteiger partial charge >= 0.3 is 0 Å². The average molecular weight is 181 g/mol. The van der Waals surface area contributed by atoms with Crippen LogP contribution >= 0.6 is 0 Å². The van der Waals surface area contributed by atoms with Gasteiger partial charge in [0.1, 0.15) is 0 Å². The summed E-state index contributed by atoms with van der Waals surface area (Å²) < 4.78 is 0. The molecule has 1 aliphatic carbocycles. The Morgan fingerprint density at radius 1 is 1.46 bits per heavy atom. The number of hydrogen-bond donors (Lipinski definition) is 1. The molecule has 0 spiro atoms. The van der Waals surface area contributed by atoms with Crippen LogP contribution in [0.1, 0.15) is 39.0 Å². The SMILES string of the molecule is CCCCCC12CC1C(=O)NC2=O. The summed E-state index contributed by atoms with van der Waals surface area (Å²) in [5.41, 5.74) is -0.258. The number of rotatable bonds is 4. The summed E-state index contributed by atoms with van der Waals surface area (Å²) in [6.07, 6.45) is 5.12. The number of nitrogens with one attached hydrogen (secondary N) is 1. The van der Waals surface area contributed by atoms with Crippen molar-refractivity contribution in [1.82, 2.24) is 5.32 Å². The molecule has 0 aromatic rings. The summed E-state index contributed by atoms with van der Waals surface area (Å²) in [6.45, 7) is 2.14. The van der Waals surface area contributed by atoms with Crippen molar-refractivity contribution in [1.29, 1.82) is 0 Å². The smallest absolute Gasteiger partial charge is 0.233 e. The van der Waals surface area contributed by atoms with Gasteiger partial charge in [-0.15, -0.1) is 0 Å². The highest BCUT2D eigenvalue weighted by atomic mass is 16.2. The first-order valence-electron chi connectivity index (χ1n) is 5.06. The molecule has 2 rings (SSSR count). The molecule has 0 aromatic heterocycles. The van der Waals surface area contributed by atoms with Crippen LogP contribution in [0.15, 0.2) is 0 Å². The van der Waals surface area contributed by atoms with Crippen molar-refractivity contribution in [3.63, 3.8) is 0 Å². The van der Waals surface area contributed by atoms with Crippen molar-refractivity contribution in [2.24, 2.45) is 11.3 Å². The topological polar surface area (TPSA) is 46.2 Å². The van der Waals surface area contributed by atoms with E-state index in [0.717, 1.165) is 32.1 Å². The van der Waals surface area contributed by atoms with Crippen molar-refractivity contribution in [3.05, 3.63) is 0 Å². The van der Waals surface area contributed by atoms with Crippen LogP contribution in [0.25, 0.3) is 0 Å². The highest BCUT2D eigenvalue weighted by Crippen LogP contribution is 2.59. The predicted molar refractivity (Wildman–Crippen MR) is 47.8 cm³/mol. The predicted octanol–water partition coefficient (Wildman–Crippen LogP) is 1.23. The Bertz CT molecular complexity index is 262. The van der Waals surface area contributed by atoms with Crippen LogP contribution in [-0.2, 0) is 9.59 Å². The van der Waals surface area contributed by atoms with Gasteiger partial charge in [-0.25, -0.2) is 0 Å². The number of piperidine rings is 1. The summed E-state index contributed by atoms with van der Waals surface area (Å²) in [7, 11) is 0. The zero-order valence-electron chi connectivity index (χ0n) is 7.93. The molecule has 1 saturated carbocycles. The zero-order chi connectivity index (χ0) is 9.47. The highest BCUT2D eigenvalue weighted by molar-refractivity contribution is 6.11. The molecule has 1 heterocycles. The van der Waals surface area contributed by atoms with Crippen molar-refractivity contribution < 1.29 is 9.59 Å². The summed E-state index contributed by atoms with van der Waals surface area (Å²) in [5.74, 6) is -0.0306. The van der Waals surface area contributed by atoms with E-state index in [1.54, 1.807) is 0 Å². The van der Waals surface area contributed by atoms with Crippen LogP contribution in [0, 0.1) is 11.3 Å². The Labute approximate surface area is 77.9 Å². The Hall–Kier alpha value is -0.860. The lowest BCUT2D eigenvalue weighted by molar-refractivity contribution is -0.128. The van der Waals surface area contributed by atoms with Gasteiger partial charge in [0.25, 0.3) is 0 Å². The minimum atomic E-state index is -0.258. The molecule has 1 saturated heterocycles. The van der Waals surface area contributed by atoms with E-state index < -0.39 is 0 Å². The number of amides is 2. The summed E-state index contributed by atoms with van der Waals surface area (Å²) in [6, 6.07) is 0. The fourth-order valence-corrected chi connectivity index (χ4v) is 2.30. The molecule has 0 aromatic carbocycles. The molecule has 0 bridgehead atoms. The van der Waals surface area contributed by atoms with Crippen molar-refractivity contribution in [2.45, 2.75) is 39.0 Å².